The fourth-order valence-electron chi connectivity index (χ4n) is 2.97. The minimum atomic E-state index is 0.277. The Morgan fingerprint density at radius 3 is 1.93 bits per heavy atom. The van der Waals surface area contributed by atoms with Gasteiger partial charge in [0.05, 0.1) is 6.54 Å². The molecule has 0 fully saturated rings. The van der Waals surface area contributed by atoms with Gasteiger partial charge in [0.2, 0.25) is 0 Å². The van der Waals surface area contributed by atoms with Gasteiger partial charge in [0, 0.05) is 27.9 Å². The third-order valence-corrected chi connectivity index (χ3v) is 5.39. The van der Waals surface area contributed by atoms with Gasteiger partial charge in [-0.2, -0.15) is 0 Å². The Bertz CT molecular complexity index is 988. The molecular weight excluding hydrogens is 376 g/mol. The molecule has 27 heavy (non-hydrogen) atoms. The summed E-state index contributed by atoms with van der Waals surface area (Å²) in [5.74, 6) is 0.277. The standard InChI is InChI=1S/C22H17ClN2OS/c23-22-25-14-18(27-22)13-24-17-11-19(15-7-3-1-4-8-15)21(26)20(12-17)16-9-5-2-6-10-16/h1-12,14,24,26H,13H2. The zero-order valence-electron chi connectivity index (χ0n) is 14.4. The van der Waals surface area contributed by atoms with Crippen LogP contribution in [0.25, 0.3) is 22.3 Å². The summed E-state index contributed by atoms with van der Waals surface area (Å²) in [5.41, 5.74) is 4.45. The lowest BCUT2D eigenvalue weighted by Crippen LogP contribution is -1.98. The molecule has 0 aliphatic rings. The fourth-order valence-corrected chi connectivity index (χ4v) is 3.88. The average molecular weight is 393 g/mol. The molecule has 0 saturated heterocycles. The van der Waals surface area contributed by atoms with Crippen LogP contribution in [0.3, 0.4) is 0 Å². The first kappa shape index (κ1) is 17.6. The van der Waals surface area contributed by atoms with E-state index >= 15 is 0 Å². The number of aromatic hydroxyl groups is 1. The SMILES string of the molecule is Oc1c(-c2ccccc2)cc(NCc2cnc(Cl)s2)cc1-c1ccccc1. The second-order valence-electron chi connectivity index (χ2n) is 6.09. The van der Waals surface area contributed by atoms with Gasteiger partial charge in [-0.05, 0) is 23.3 Å². The van der Waals surface area contributed by atoms with Crippen molar-refractivity contribution in [2.45, 2.75) is 6.54 Å². The van der Waals surface area contributed by atoms with Gasteiger partial charge in [0.25, 0.3) is 0 Å². The molecule has 0 amide bonds. The van der Waals surface area contributed by atoms with Crippen molar-refractivity contribution in [1.29, 1.82) is 0 Å². The molecule has 0 aliphatic carbocycles. The van der Waals surface area contributed by atoms with Gasteiger partial charge in [-0.15, -0.1) is 11.3 Å². The van der Waals surface area contributed by atoms with Gasteiger partial charge in [-0.1, -0.05) is 72.3 Å². The molecule has 4 rings (SSSR count). The number of anilines is 1. The fraction of sp³-hybridized carbons (Fsp3) is 0.0455. The van der Waals surface area contributed by atoms with Crippen LogP contribution >= 0.6 is 22.9 Å². The number of halogens is 1. The van der Waals surface area contributed by atoms with Crippen LogP contribution in [-0.2, 0) is 6.54 Å². The summed E-state index contributed by atoms with van der Waals surface area (Å²) in [5, 5.41) is 14.4. The first-order chi connectivity index (χ1) is 13.2. The molecule has 0 atom stereocenters. The van der Waals surface area contributed by atoms with Crippen LogP contribution in [0.5, 0.6) is 5.75 Å². The van der Waals surface area contributed by atoms with E-state index in [0.29, 0.717) is 11.0 Å². The summed E-state index contributed by atoms with van der Waals surface area (Å²) in [4.78, 5) is 5.13. The Labute approximate surface area is 166 Å². The predicted octanol–water partition coefficient (Wildman–Crippen LogP) is 6.45. The van der Waals surface area contributed by atoms with E-state index in [9.17, 15) is 5.11 Å². The van der Waals surface area contributed by atoms with Crippen molar-refractivity contribution in [3.63, 3.8) is 0 Å². The molecule has 0 unspecified atom stereocenters. The number of nitrogens with one attached hydrogen (secondary N) is 1. The zero-order valence-corrected chi connectivity index (χ0v) is 16.0. The normalized spacial score (nSPS) is 10.7. The third-order valence-electron chi connectivity index (χ3n) is 4.27. The van der Waals surface area contributed by atoms with Crippen LogP contribution in [0.2, 0.25) is 4.47 Å². The monoisotopic (exact) mass is 392 g/mol. The molecule has 2 N–H and O–H groups in total. The topological polar surface area (TPSA) is 45.1 Å². The van der Waals surface area contributed by atoms with Gasteiger partial charge < -0.3 is 10.4 Å². The maximum Gasteiger partial charge on any atom is 0.183 e. The first-order valence-corrected chi connectivity index (χ1v) is 9.72. The largest absolute Gasteiger partial charge is 0.507 e. The Hall–Kier alpha value is -2.82. The summed E-state index contributed by atoms with van der Waals surface area (Å²) in [6.45, 7) is 0.623. The van der Waals surface area contributed by atoms with E-state index in [1.54, 1.807) is 6.20 Å². The average Bonchev–Trinajstić information content (AvgIpc) is 3.14. The summed E-state index contributed by atoms with van der Waals surface area (Å²) >= 11 is 7.37. The van der Waals surface area contributed by atoms with Gasteiger partial charge in [-0.25, -0.2) is 4.98 Å². The van der Waals surface area contributed by atoms with Crippen molar-refractivity contribution in [2.75, 3.05) is 5.32 Å². The van der Waals surface area contributed by atoms with E-state index in [1.807, 2.05) is 72.8 Å². The number of phenols is 1. The minimum absolute atomic E-state index is 0.277. The lowest BCUT2D eigenvalue weighted by molar-refractivity contribution is 0.479. The van der Waals surface area contributed by atoms with Crippen LogP contribution < -0.4 is 5.32 Å². The van der Waals surface area contributed by atoms with E-state index in [4.69, 9.17) is 11.6 Å². The Kier molecular flexibility index (Phi) is 5.10. The molecule has 4 aromatic rings. The molecule has 3 aromatic carbocycles. The number of hydrogen-bond donors (Lipinski definition) is 2. The molecule has 3 nitrogen and oxygen atoms in total. The molecular formula is C22H17ClN2OS. The lowest BCUT2D eigenvalue weighted by Gasteiger charge is -2.15. The van der Waals surface area contributed by atoms with Gasteiger partial charge in [-0.3, -0.25) is 0 Å². The molecule has 0 spiro atoms. The van der Waals surface area contributed by atoms with Crippen molar-refractivity contribution in [3.8, 4) is 28.0 Å². The van der Waals surface area contributed by atoms with Crippen LogP contribution in [-0.4, -0.2) is 10.1 Å². The van der Waals surface area contributed by atoms with E-state index in [1.165, 1.54) is 11.3 Å². The van der Waals surface area contributed by atoms with Gasteiger partial charge in [0.15, 0.2) is 4.47 Å². The van der Waals surface area contributed by atoms with Crippen molar-refractivity contribution >= 4 is 28.6 Å². The van der Waals surface area contributed by atoms with E-state index < -0.39 is 0 Å². The highest BCUT2D eigenvalue weighted by atomic mass is 35.5. The zero-order chi connectivity index (χ0) is 18.6. The van der Waals surface area contributed by atoms with Crippen LogP contribution in [0.4, 0.5) is 5.69 Å². The van der Waals surface area contributed by atoms with Crippen molar-refractivity contribution in [2.24, 2.45) is 0 Å². The molecule has 5 heteroatoms. The molecule has 0 bridgehead atoms. The summed E-state index contributed by atoms with van der Waals surface area (Å²) in [7, 11) is 0. The molecule has 0 saturated carbocycles. The van der Waals surface area contributed by atoms with E-state index in [-0.39, 0.29) is 5.75 Å². The van der Waals surface area contributed by atoms with Crippen molar-refractivity contribution in [3.05, 3.63) is 88.3 Å². The van der Waals surface area contributed by atoms with E-state index in [0.717, 1.165) is 32.8 Å². The summed E-state index contributed by atoms with van der Waals surface area (Å²) in [6.07, 6.45) is 1.77. The number of rotatable bonds is 5. The van der Waals surface area contributed by atoms with Crippen LogP contribution in [0, 0.1) is 0 Å². The second-order valence-corrected chi connectivity index (χ2v) is 7.78. The number of nitrogens with zero attached hydrogens (tertiary/aromatic N) is 1. The Morgan fingerprint density at radius 1 is 0.889 bits per heavy atom. The van der Waals surface area contributed by atoms with Gasteiger partial charge in [0.1, 0.15) is 5.75 Å². The first-order valence-electron chi connectivity index (χ1n) is 8.52. The number of benzene rings is 3. The third kappa shape index (κ3) is 3.97. The highest BCUT2D eigenvalue weighted by Crippen LogP contribution is 2.40. The Balaban J connectivity index is 1.76. The summed E-state index contributed by atoms with van der Waals surface area (Å²) < 4.78 is 0.535. The Morgan fingerprint density at radius 2 is 1.44 bits per heavy atom. The number of phenolic OH excluding ortho intramolecular Hbond substituents is 1. The number of aromatic nitrogens is 1. The van der Waals surface area contributed by atoms with E-state index in [2.05, 4.69) is 10.3 Å². The van der Waals surface area contributed by atoms with Crippen LogP contribution in [0.1, 0.15) is 4.88 Å². The van der Waals surface area contributed by atoms with Crippen molar-refractivity contribution in [1.82, 2.24) is 4.98 Å². The highest BCUT2D eigenvalue weighted by Gasteiger charge is 2.13. The number of hydrogen-bond acceptors (Lipinski definition) is 4. The van der Waals surface area contributed by atoms with Crippen LogP contribution in [0.15, 0.2) is 79.0 Å². The van der Waals surface area contributed by atoms with Gasteiger partial charge >= 0.3 is 0 Å². The highest BCUT2D eigenvalue weighted by molar-refractivity contribution is 7.15. The maximum absolute atomic E-state index is 11.0. The smallest absolute Gasteiger partial charge is 0.183 e. The lowest BCUT2D eigenvalue weighted by atomic mass is 9.96. The molecule has 0 radical (unpaired) electrons. The quantitative estimate of drug-likeness (QED) is 0.383. The van der Waals surface area contributed by atoms with Crippen molar-refractivity contribution < 1.29 is 5.11 Å². The molecule has 134 valence electrons. The summed E-state index contributed by atoms with van der Waals surface area (Å²) in [6, 6.07) is 23.7. The maximum atomic E-state index is 11.0. The predicted molar refractivity (Wildman–Crippen MR) is 113 cm³/mol. The minimum Gasteiger partial charge on any atom is -0.507 e. The molecule has 1 aromatic heterocycles. The molecule has 0 aliphatic heterocycles. The second kappa shape index (κ2) is 7.82. The molecule has 1 heterocycles. The number of thiazole rings is 1.